The van der Waals surface area contributed by atoms with Gasteiger partial charge in [0.25, 0.3) is 11.5 Å². The summed E-state index contributed by atoms with van der Waals surface area (Å²) in [6.07, 6.45) is 1.65. The molecule has 0 saturated carbocycles. The van der Waals surface area contributed by atoms with Crippen molar-refractivity contribution in [2.24, 2.45) is 5.73 Å². The summed E-state index contributed by atoms with van der Waals surface area (Å²) in [5.41, 5.74) is 9.02. The Balaban J connectivity index is 1.51. The fourth-order valence-electron chi connectivity index (χ4n) is 3.87. The maximum atomic E-state index is 12.8. The zero-order valence-electron chi connectivity index (χ0n) is 15.8. The van der Waals surface area contributed by atoms with E-state index in [-0.39, 0.29) is 17.5 Å². The Bertz CT molecular complexity index is 1280. The second-order valence-electron chi connectivity index (χ2n) is 7.55. The van der Waals surface area contributed by atoms with E-state index in [2.05, 4.69) is 15.0 Å². The van der Waals surface area contributed by atoms with Crippen LogP contribution in [0.2, 0.25) is 0 Å². The average Bonchev–Trinajstić information content (AvgIpc) is 3.16. The normalized spacial score (nSPS) is 15.3. The van der Waals surface area contributed by atoms with Crippen LogP contribution >= 0.6 is 0 Å². The minimum Gasteiger partial charge on any atom is -0.339 e. The molecule has 2 aromatic carbocycles. The zero-order valence-corrected chi connectivity index (χ0v) is 15.8. The van der Waals surface area contributed by atoms with Crippen LogP contribution in [0.15, 0.2) is 53.3 Å². The van der Waals surface area contributed by atoms with Gasteiger partial charge in [0.2, 0.25) is 0 Å². The summed E-state index contributed by atoms with van der Waals surface area (Å²) in [5.74, 6) is 0.479. The van der Waals surface area contributed by atoms with Crippen molar-refractivity contribution in [3.63, 3.8) is 0 Å². The van der Waals surface area contributed by atoms with Gasteiger partial charge in [-0.2, -0.15) is 0 Å². The first-order chi connectivity index (χ1) is 14.1. The topological polar surface area (TPSA) is 108 Å². The van der Waals surface area contributed by atoms with Gasteiger partial charge in [0, 0.05) is 30.2 Å². The maximum absolute atomic E-state index is 12.8. The van der Waals surface area contributed by atoms with E-state index < -0.39 is 0 Å². The second kappa shape index (κ2) is 6.86. The van der Waals surface area contributed by atoms with Crippen molar-refractivity contribution in [3.05, 3.63) is 64.4 Å². The molecule has 2 aromatic heterocycles. The molecule has 146 valence electrons. The van der Waals surface area contributed by atoms with Crippen molar-refractivity contribution in [1.29, 1.82) is 0 Å². The molecule has 7 nitrogen and oxygen atoms in total. The number of imidazole rings is 1. The Morgan fingerprint density at radius 3 is 2.66 bits per heavy atom. The highest BCUT2D eigenvalue weighted by Crippen LogP contribution is 2.22. The number of carbonyl (C=O) groups excluding carboxylic acids is 1. The Morgan fingerprint density at radius 2 is 1.83 bits per heavy atom. The summed E-state index contributed by atoms with van der Waals surface area (Å²) >= 11 is 0. The molecule has 0 bridgehead atoms. The molecule has 3 heterocycles. The molecule has 4 aromatic rings. The Hall–Kier alpha value is -3.45. The van der Waals surface area contributed by atoms with Crippen molar-refractivity contribution < 1.29 is 4.79 Å². The van der Waals surface area contributed by atoms with Crippen LogP contribution in [0.1, 0.15) is 23.2 Å². The van der Waals surface area contributed by atoms with E-state index in [1.54, 1.807) is 12.1 Å². The molecule has 1 aliphatic heterocycles. The Morgan fingerprint density at radius 1 is 1.03 bits per heavy atom. The highest BCUT2D eigenvalue weighted by molar-refractivity contribution is 5.98. The summed E-state index contributed by atoms with van der Waals surface area (Å²) < 4.78 is 0. The number of benzene rings is 2. The third-order valence-electron chi connectivity index (χ3n) is 5.57. The summed E-state index contributed by atoms with van der Waals surface area (Å²) in [7, 11) is 0. The van der Waals surface area contributed by atoms with E-state index in [9.17, 15) is 9.59 Å². The molecule has 7 heteroatoms. The van der Waals surface area contributed by atoms with Crippen LogP contribution in [0.5, 0.6) is 0 Å². The molecule has 0 unspecified atom stereocenters. The molecule has 0 aliphatic carbocycles. The number of likely N-dealkylation sites (tertiary alicyclic amines) is 1. The van der Waals surface area contributed by atoms with Crippen molar-refractivity contribution in [3.8, 4) is 11.4 Å². The van der Waals surface area contributed by atoms with Crippen LogP contribution in [-0.4, -0.2) is 44.9 Å². The van der Waals surface area contributed by atoms with Crippen LogP contribution in [-0.2, 0) is 0 Å². The SMILES string of the molecule is NC1CCN(C(=O)c2ccc3[nH]c(-c4cc5ccccc5[nH]c4=O)nc3c2)CC1. The molecule has 0 atom stereocenters. The quantitative estimate of drug-likeness (QED) is 0.491. The number of fused-ring (bicyclic) bond motifs is 2. The molecule has 1 amide bonds. The average molecular weight is 387 g/mol. The molecule has 1 saturated heterocycles. The summed E-state index contributed by atoms with van der Waals surface area (Å²) in [4.78, 5) is 37.9. The molecule has 5 rings (SSSR count). The standard InChI is InChI=1S/C22H21N5O2/c23-15-7-9-27(10-8-15)22(29)14-5-6-18-19(12-14)25-20(24-18)16-11-13-3-1-2-4-17(13)26-21(16)28/h1-6,11-12,15H,7-10,23H2,(H,24,25)(H,26,28). The number of hydrogen-bond acceptors (Lipinski definition) is 4. The Kier molecular flexibility index (Phi) is 4.17. The first kappa shape index (κ1) is 17.6. The largest absolute Gasteiger partial charge is 0.339 e. The third kappa shape index (κ3) is 3.19. The van der Waals surface area contributed by atoms with E-state index in [1.165, 1.54) is 0 Å². The number of aromatic amines is 2. The van der Waals surface area contributed by atoms with Gasteiger partial charge in [-0.3, -0.25) is 9.59 Å². The van der Waals surface area contributed by atoms with Crippen molar-refractivity contribution in [2.45, 2.75) is 18.9 Å². The summed E-state index contributed by atoms with van der Waals surface area (Å²) in [5, 5.41) is 0.932. The fourth-order valence-corrected chi connectivity index (χ4v) is 3.87. The number of pyridine rings is 1. The van der Waals surface area contributed by atoms with Crippen LogP contribution in [0.25, 0.3) is 33.3 Å². The molecule has 0 spiro atoms. The van der Waals surface area contributed by atoms with Gasteiger partial charge in [0.05, 0.1) is 16.6 Å². The predicted octanol–water partition coefficient (Wildman–Crippen LogP) is 2.63. The molecular weight excluding hydrogens is 366 g/mol. The van der Waals surface area contributed by atoms with Gasteiger partial charge in [-0.1, -0.05) is 18.2 Å². The van der Waals surface area contributed by atoms with E-state index in [0.29, 0.717) is 35.6 Å². The van der Waals surface area contributed by atoms with Gasteiger partial charge in [-0.15, -0.1) is 0 Å². The third-order valence-corrected chi connectivity index (χ3v) is 5.57. The number of amides is 1. The lowest BCUT2D eigenvalue weighted by atomic mass is 10.0. The molecular formula is C22H21N5O2. The number of rotatable bonds is 2. The van der Waals surface area contributed by atoms with Gasteiger partial charge in [-0.25, -0.2) is 4.98 Å². The van der Waals surface area contributed by atoms with Gasteiger partial charge < -0.3 is 20.6 Å². The number of aromatic nitrogens is 3. The van der Waals surface area contributed by atoms with Gasteiger partial charge >= 0.3 is 0 Å². The number of nitrogens with two attached hydrogens (primary N) is 1. The van der Waals surface area contributed by atoms with E-state index in [1.807, 2.05) is 41.3 Å². The lowest BCUT2D eigenvalue weighted by Gasteiger charge is -2.30. The Labute approximate surface area is 166 Å². The van der Waals surface area contributed by atoms with Crippen molar-refractivity contribution >= 4 is 27.8 Å². The van der Waals surface area contributed by atoms with E-state index in [4.69, 9.17) is 5.73 Å². The number of nitrogens with zero attached hydrogens (tertiary/aromatic N) is 2. The minimum absolute atomic E-state index is 0.00750. The minimum atomic E-state index is -0.205. The maximum Gasteiger partial charge on any atom is 0.259 e. The lowest BCUT2D eigenvalue weighted by molar-refractivity contribution is 0.0715. The van der Waals surface area contributed by atoms with E-state index in [0.717, 1.165) is 29.3 Å². The summed E-state index contributed by atoms with van der Waals surface area (Å²) in [6, 6.07) is 15.0. The van der Waals surface area contributed by atoms with Gasteiger partial charge in [0.1, 0.15) is 5.82 Å². The highest BCUT2D eigenvalue weighted by atomic mass is 16.2. The predicted molar refractivity (Wildman–Crippen MR) is 113 cm³/mol. The molecule has 1 fully saturated rings. The number of carbonyl (C=O) groups is 1. The molecule has 4 N–H and O–H groups in total. The molecule has 29 heavy (non-hydrogen) atoms. The number of hydrogen-bond donors (Lipinski definition) is 3. The lowest BCUT2D eigenvalue weighted by Crippen LogP contribution is -2.42. The van der Waals surface area contributed by atoms with E-state index >= 15 is 0 Å². The van der Waals surface area contributed by atoms with Crippen molar-refractivity contribution in [1.82, 2.24) is 19.9 Å². The number of para-hydroxylation sites is 1. The zero-order chi connectivity index (χ0) is 20.0. The monoisotopic (exact) mass is 387 g/mol. The van der Waals surface area contributed by atoms with Crippen LogP contribution in [0.4, 0.5) is 0 Å². The van der Waals surface area contributed by atoms with Crippen LogP contribution < -0.4 is 11.3 Å². The first-order valence-electron chi connectivity index (χ1n) is 9.75. The first-order valence-corrected chi connectivity index (χ1v) is 9.75. The fraction of sp³-hybridized carbons (Fsp3) is 0.227. The van der Waals surface area contributed by atoms with Gasteiger partial charge in [0.15, 0.2) is 0 Å². The van der Waals surface area contributed by atoms with Crippen LogP contribution in [0, 0.1) is 0 Å². The van der Waals surface area contributed by atoms with Gasteiger partial charge in [-0.05, 0) is 48.6 Å². The number of H-pyrrole nitrogens is 2. The second-order valence-corrected chi connectivity index (χ2v) is 7.55. The highest BCUT2D eigenvalue weighted by Gasteiger charge is 2.22. The molecule has 0 radical (unpaired) electrons. The van der Waals surface area contributed by atoms with Crippen molar-refractivity contribution in [2.75, 3.05) is 13.1 Å². The number of piperidine rings is 1. The smallest absolute Gasteiger partial charge is 0.259 e. The molecule has 1 aliphatic rings. The summed E-state index contributed by atoms with van der Waals surface area (Å²) in [6.45, 7) is 1.35. The number of nitrogens with one attached hydrogen (secondary N) is 2. The van der Waals surface area contributed by atoms with Crippen LogP contribution in [0.3, 0.4) is 0 Å².